The standard InChI is InChI=1S/C21H21N5O/c1-21(2,3)19(27)15-11-22-20-18(15)25-16(12-23-20)13-7-5-6-8-14(13)17-9-10-24-26(17)4/h5-12H,1-4H3,(H,22,23). The van der Waals surface area contributed by atoms with E-state index in [9.17, 15) is 4.79 Å². The highest BCUT2D eigenvalue weighted by Gasteiger charge is 2.26. The highest BCUT2D eigenvalue weighted by molar-refractivity contribution is 6.08. The summed E-state index contributed by atoms with van der Waals surface area (Å²) in [5.41, 5.74) is 4.99. The third-order valence-electron chi connectivity index (χ3n) is 4.61. The molecule has 1 N–H and O–H groups in total. The van der Waals surface area contributed by atoms with Gasteiger partial charge in [-0.1, -0.05) is 45.0 Å². The van der Waals surface area contributed by atoms with Crippen molar-refractivity contribution in [3.05, 3.63) is 54.5 Å². The van der Waals surface area contributed by atoms with E-state index in [1.54, 1.807) is 18.6 Å². The monoisotopic (exact) mass is 359 g/mol. The first kappa shape index (κ1) is 17.1. The first-order valence-electron chi connectivity index (χ1n) is 8.83. The quantitative estimate of drug-likeness (QED) is 0.555. The zero-order valence-electron chi connectivity index (χ0n) is 15.8. The van der Waals surface area contributed by atoms with Gasteiger partial charge in [0.05, 0.1) is 23.1 Å². The van der Waals surface area contributed by atoms with Crippen molar-refractivity contribution in [2.75, 3.05) is 0 Å². The Kier molecular flexibility index (Phi) is 3.91. The average Bonchev–Trinajstić information content (AvgIpc) is 3.25. The summed E-state index contributed by atoms with van der Waals surface area (Å²) < 4.78 is 1.83. The average molecular weight is 359 g/mol. The molecule has 0 bridgehead atoms. The number of ketones is 1. The highest BCUT2D eigenvalue weighted by Crippen LogP contribution is 2.32. The lowest BCUT2D eigenvalue weighted by atomic mass is 9.87. The summed E-state index contributed by atoms with van der Waals surface area (Å²) in [5.74, 6) is 0.0418. The molecular formula is C21H21N5O. The second kappa shape index (κ2) is 6.16. The Labute approximate surface area is 157 Å². The Morgan fingerprint density at radius 1 is 1.11 bits per heavy atom. The number of rotatable bonds is 3. The zero-order valence-corrected chi connectivity index (χ0v) is 15.8. The van der Waals surface area contributed by atoms with Gasteiger partial charge >= 0.3 is 0 Å². The van der Waals surface area contributed by atoms with Gasteiger partial charge in [0.15, 0.2) is 11.4 Å². The number of nitrogens with zero attached hydrogens (tertiary/aromatic N) is 4. The fraction of sp³-hybridized carbons (Fsp3) is 0.238. The molecule has 0 fully saturated rings. The lowest BCUT2D eigenvalue weighted by Crippen LogP contribution is -2.20. The van der Waals surface area contributed by atoms with Crippen LogP contribution >= 0.6 is 0 Å². The van der Waals surface area contributed by atoms with Crippen molar-refractivity contribution in [3.63, 3.8) is 0 Å². The summed E-state index contributed by atoms with van der Waals surface area (Å²) in [6.45, 7) is 5.72. The van der Waals surface area contributed by atoms with Crippen LogP contribution in [-0.4, -0.2) is 30.5 Å². The van der Waals surface area contributed by atoms with Crippen LogP contribution in [0.5, 0.6) is 0 Å². The summed E-state index contributed by atoms with van der Waals surface area (Å²) >= 11 is 0. The first-order chi connectivity index (χ1) is 12.9. The number of carbonyl (C=O) groups is 1. The van der Waals surface area contributed by atoms with Crippen LogP contribution in [0.2, 0.25) is 0 Å². The number of hydrogen-bond acceptors (Lipinski definition) is 4. The molecule has 27 heavy (non-hydrogen) atoms. The van der Waals surface area contributed by atoms with Crippen molar-refractivity contribution in [2.45, 2.75) is 20.8 Å². The van der Waals surface area contributed by atoms with Crippen LogP contribution in [0.1, 0.15) is 31.1 Å². The molecule has 136 valence electrons. The summed E-state index contributed by atoms with van der Waals surface area (Å²) in [4.78, 5) is 25.1. The topological polar surface area (TPSA) is 76.5 Å². The molecule has 3 aromatic heterocycles. The molecule has 0 aliphatic heterocycles. The van der Waals surface area contributed by atoms with Crippen LogP contribution in [0, 0.1) is 5.41 Å². The second-order valence-electron chi connectivity index (χ2n) is 7.62. The number of fused-ring (bicyclic) bond motifs is 1. The van der Waals surface area contributed by atoms with E-state index >= 15 is 0 Å². The minimum atomic E-state index is -0.487. The van der Waals surface area contributed by atoms with Gasteiger partial charge in [-0.25, -0.2) is 9.97 Å². The van der Waals surface area contributed by atoms with Crippen LogP contribution in [0.15, 0.2) is 48.9 Å². The molecule has 4 aromatic rings. The van der Waals surface area contributed by atoms with Gasteiger partial charge in [0, 0.05) is 36.0 Å². The van der Waals surface area contributed by atoms with Gasteiger partial charge in [-0.15, -0.1) is 0 Å². The van der Waals surface area contributed by atoms with Gasteiger partial charge < -0.3 is 4.98 Å². The number of carbonyl (C=O) groups excluding carboxylic acids is 1. The molecule has 0 spiro atoms. The van der Waals surface area contributed by atoms with Gasteiger partial charge in [0.2, 0.25) is 0 Å². The molecule has 0 saturated carbocycles. The minimum absolute atomic E-state index is 0.0418. The molecule has 4 rings (SSSR count). The molecule has 0 radical (unpaired) electrons. The molecule has 0 amide bonds. The van der Waals surface area contributed by atoms with E-state index in [4.69, 9.17) is 4.98 Å². The Hall–Kier alpha value is -3.28. The summed E-state index contributed by atoms with van der Waals surface area (Å²) in [6.07, 6.45) is 5.21. The lowest BCUT2D eigenvalue weighted by Gasteiger charge is -2.15. The number of aryl methyl sites for hydroxylation is 1. The Morgan fingerprint density at radius 2 is 1.85 bits per heavy atom. The maximum absolute atomic E-state index is 12.8. The SMILES string of the molecule is Cn1nccc1-c1ccccc1-c1cnc2[nH]cc(C(=O)C(C)(C)C)c2n1. The van der Waals surface area contributed by atoms with Crippen molar-refractivity contribution >= 4 is 16.9 Å². The summed E-state index contributed by atoms with van der Waals surface area (Å²) in [6, 6.07) is 9.98. The maximum Gasteiger partial charge on any atom is 0.171 e. The number of H-pyrrole nitrogens is 1. The van der Waals surface area contributed by atoms with E-state index in [-0.39, 0.29) is 5.78 Å². The van der Waals surface area contributed by atoms with Crippen LogP contribution in [0.4, 0.5) is 0 Å². The third kappa shape index (κ3) is 2.93. The molecule has 0 aliphatic carbocycles. The van der Waals surface area contributed by atoms with E-state index in [2.05, 4.69) is 15.1 Å². The molecule has 6 heteroatoms. The predicted octanol–water partition coefficient (Wildman–Crippen LogP) is 4.25. The van der Waals surface area contributed by atoms with Crippen LogP contribution in [-0.2, 0) is 7.05 Å². The normalized spacial score (nSPS) is 11.9. The molecule has 0 unspecified atom stereocenters. The number of benzene rings is 1. The smallest absolute Gasteiger partial charge is 0.171 e. The molecule has 6 nitrogen and oxygen atoms in total. The third-order valence-corrected chi connectivity index (χ3v) is 4.61. The minimum Gasteiger partial charge on any atom is -0.344 e. The Bertz CT molecular complexity index is 1150. The van der Waals surface area contributed by atoms with Gasteiger partial charge in [0.25, 0.3) is 0 Å². The van der Waals surface area contributed by atoms with Gasteiger partial charge in [-0.2, -0.15) is 5.10 Å². The predicted molar refractivity (Wildman–Crippen MR) is 105 cm³/mol. The van der Waals surface area contributed by atoms with Crippen molar-refractivity contribution in [1.29, 1.82) is 0 Å². The van der Waals surface area contributed by atoms with Crippen LogP contribution < -0.4 is 0 Å². The first-order valence-corrected chi connectivity index (χ1v) is 8.83. The van der Waals surface area contributed by atoms with E-state index in [1.165, 1.54) is 0 Å². The summed E-state index contributed by atoms with van der Waals surface area (Å²) in [5, 5.41) is 4.26. The highest BCUT2D eigenvalue weighted by atomic mass is 16.1. The molecule has 0 aliphatic rings. The summed E-state index contributed by atoms with van der Waals surface area (Å²) in [7, 11) is 1.91. The van der Waals surface area contributed by atoms with Gasteiger partial charge in [-0.05, 0) is 6.07 Å². The van der Waals surface area contributed by atoms with Gasteiger partial charge in [-0.3, -0.25) is 9.48 Å². The molecule has 0 atom stereocenters. The fourth-order valence-corrected chi connectivity index (χ4v) is 3.17. The van der Waals surface area contributed by atoms with E-state index < -0.39 is 5.41 Å². The molecule has 0 saturated heterocycles. The number of Topliss-reactive ketones (excluding diaryl/α,β-unsaturated/α-hetero) is 1. The largest absolute Gasteiger partial charge is 0.344 e. The van der Waals surface area contributed by atoms with E-state index in [1.807, 2.05) is 62.8 Å². The Balaban J connectivity index is 1.90. The molecule has 1 aromatic carbocycles. The van der Waals surface area contributed by atoms with Crippen LogP contribution in [0.3, 0.4) is 0 Å². The number of hydrogen-bond donors (Lipinski definition) is 1. The van der Waals surface area contributed by atoms with E-state index in [0.29, 0.717) is 16.7 Å². The number of nitrogens with one attached hydrogen (secondary N) is 1. The Morgan fingerprint density at radius 3 is 2.52 bits per heavy atom. The molecular weight excluding hydrogens is 338 g/mol. The van der Waals surface area contributed by atoms with Crippen molar-refractivity contribution in [3.8, 4) is 22.5 Å². The maximum atomic E-state index is 12.8. The van der Waals surface area contributed by atoms with Crippen molar-refractivity contribution in [2.24, 2.45) is 12.5 Å². The van der Waals surface area contributed by atoms with E-state index in [0.717, 1.165) is 22.5 Å². The lowest BCUT2D eigenvalue weighted by molar-refractivity contribution is 0.0860. The van der Waals surface area contributed by atoms with Gasteiger partial charge in [0.1, 0.15) is 5.52 Å². The number of aromatic nitrogens is 5. The van der Waals surface area contributed by atoms with Crippen LogP contribution in [0.25, 0.3) is 33.7 Å². The zero-order chi connectivity index (χ0) is 19.2. The second-order valence-corrected chi connectivity index (χ2v) is 7.62. The number of aromatic amines is 1. The molecule has 3 heterocycles. The fourth-order valence-electron chi connectivity index (χ4n) is 3.17. The van der Waals surface area contributed by atoms with Crippen molar-refractivity contribution in [1.82, 2.24) is 24.7 Å². The van der Waals surface area contributed by atoms with Crippen molar-refractivity contribution < 1.29 is 4.79 Å².